The van der Waals surface area contributed by atoms with Gasteiger partial charge in [-0.25, -0.2) is 9.59 Å². The highest BCUT2D eigenvalue weighted by molar-refractivity contribution is 7.98. The third-order valence-electron chi connectivity index (χ3n) is 5.02. The molecule has 0 aromatic carbocycles. The van der Waals surface area contributed by atoms with Crippen LogP contribution in [-0.4, -0.2) is 116 Å². The number of hydrogen-bond donors (Lipinski definition) is 9. The molecular formula is C19H35N3O10S. The summed E-state index contributed by atoms with van der Waals surface area (Å²) in [5.74, 6) is -5.04. The monoisotopic (exact) mass is 497 g/mol. The van der Waals surface area contributed by atoms with Crippen molar-refractivity contribution in [3.05, 3.63) is 0 Å². The molecule has 0 aliphatic carbocycles. The van der Waals surface area contributed by atoms with Gasteiger partial charge in [0.15, 0.2) is 6.10 Å². The van der Waals surface area contributed by atoms with Crippen LogP contribution in [0.3, 0.4) is 0 Å². The normalized spacial score (nSPS) is 17.7. The summed E-state index contributed by atoms with van der Waals surface area (Å²) >= 11 is 1.24. The van der Waals surface area contributed by atoms with E-state index in [1.54, 1.807) is 13.3 Å². The molecule has 0 bridgehead atoms. The lowest BCUT2D eigenvalue weighted by Gasteiger charge is -2.25. The van der Waals surface area contributed by atoms with E-state index in [1.165, 1.54) is 11.8 Å². The van der Waals surface area contributed by atoms with E-state index in [0.717, 1.165) is 0 Å². The molecule has 0 heterocycles. The number of carboxylic acid groups (broad SMARTS) is 2. The lowest BCUT2D eigenvalue weighted by molar-refractivity contribution is -0.162. The molecule has 0 spiro atoms. The maximum atomic E-state index is 12.7. The quantitative estimate of drug-likeness (QED) is 0.0977. The summed E-state index contributed by atoms with van der Waals surface area (Å²) in [7, 11) is 1.73. The Morgan fingerprint density at radius 1 is 0.939 bits per heavy atom. The van der Waals surface area contributed by atoms with Gasteiger partial charge in [-0.1, -0.05) is 0 Å². The van der Waals surface area contributed by atoms with Gasteiger partial charge in [0, 0.05) is 30.7 Å². The van der Waals surface area contributed by atoms with Gasteiger partial charge in [-0.15, -0.1) is 0 Å². The fraction of sp³-hybridized carbons (Fsp3) is 0.789. The van der Waals surface area contributed by atoms with E-state index in [-0.39, 0.29) is 24.6 Å². The van der Waals surface area contributed by atoms with Crippen molar-refractivity contribution in [2.75, 3.05) is 25.6 Å². The summed E-state index contributed by atoms with van der Waals surface area (Å²) in [4.78, 5) is 47.0. The highest BCUT2D eigenvalue weighted by atomic mass is 32.2. The van der Waals surface area contributed by atoms with E-state index >= 15 is 0 Å². The highest BCUT2D eigenvalue weighted by Crippen LogP contribution is 2.15. The predicted molar refractivity (Wildman–Crippen MR) is 118 cm³/mol. The molecule has 33 heavy (non-hydrogen) atoms. The minimum absolute atomic E-state index is 0.0314. The Hall–Kier alpha value is -1.97. The Morgan fingerprint density at radius 2 is 1.55 bits per heavy atom. The van der Waals surface area contributed by atoms with Crippen molar-refractivity contribution >= 4 is 35.5 Å². The number of thioether (sulfide) groups is 1. The summed E-state index contributed by atoms with van der Waals surface area (Å²) in [6, 6.07) is -1.09. The first-order chi connectivity index (χ1) is 15.3. The number of hydrogen-bond acceptors (Lipinski definition) is 10. The van der Waals surface area contributed by atoms with Gasteiger partial charge in [0.2, 0.25) is 11.8 Å². The van der Waals surface area contributed by atoms with Crippen molar-refractivity contribution in [2.45, 2.75) is 62.7 Å². The summed E-state index contributed by atoms with van der Waals surface area (Å²) < 4.78 is 0. The molecule has 14 heteroatoms. The van der Waals surface area contributed by atoms with Crippen molar-refractivity contribution in [3.63, 3.8) is 0 Å². The molecule has 0 radical (unpaired) electrons. The van der Waals surface area contributed by atoms with Gasteiger partial charge in [0.25, 0.3) is 0 Å². The molecule has 9 N–H and O–H groups in total. The Morgan fingerprint density at radius 3 is 2.03 bits per heavy atom. The first-order valence-corrected chi connectivity index (χ1v) is 11.7. The molecule has 0 fully saturated rings. The van der Waals surface area contributed by atoms with Crippen LogP contribution in [0, 0.1) is 5.92 Å². The molecule has 0 saturated carbocycles. The van der Waals surface area contributed by atoms with E-state index in [4.69, 9.17) is 5.11 Å². The topological polar surface area (TPSA) is 226 Å². The van der Waals surface area contributed by atoms with Crippen LogP contribution in [0.15, 0.2) is 0 Å². The van der Waals surface area contributed by atoms with Crippen molar-refractivity contribution in [1.82, 2.24) is 16.0 Å². The third-order valence-corrected chi connectivity index (χ3v) is 5.69. The number of rotatable bonds is 17. The Kier molecular flexibility index (Phi) is 14.9. The molecule has 7 atom stereocenters. The lowest BCUT2D eigenvalue weighted by Crippen LogP contribution is -2.51. The zero-order chi connectivity index (χ0) is 25.7. The van der Waals surface area contributed by atoms with Crippen LogP contribution in [0.4, 0.5) is 0 Å². The van der Waals surface area contributed by atoms with E-state index < -0.39 is 66.7 Å². The molecule has 0 aliphatic heterocycles. The number of amides is 2. The van der Waals surface area contributed by atoms with Crippen molar-refractivity contribution in [1.29, 1.82) is 0 Å². The van der Waals surface area contributed by atoms with E-state index in [2.05, 4.69) is 16.0 Å². The molecule has 0 aliphatic rings. The molecule has 0 aromatic heterocycles. The summed E-state index contributed by atoms with van der Waals surface area (Å²) in [5, 5.41) is 64.0. The number of aliphatic hydroxyl groups is 4. The molecule has 0 saturated heterocycles. The van der Waals surface area contributed by atoms with Crippen LogP contribution >= 0.6 is 11.8 Å². The molecule has 0 aromatic rings. The van der Waals surface area contributed by atoms with E-state index in [0.29, 0.717) is 6.42 Å². The Bertz CT molecular complexity index is 653. The first kappa shape index (κ1) is 31.0. The zero-order valence-corrected chi connectivity index (χ0v) is 19.6. The van der Waals surface area contributed by atoms with Crippen LogP contribution in [0.5, 0.6) is 0 Å². The average Bonchev–Trinajstić information content (AvgIpc) is 2.77. The Labute approximate surface area is 195 Å². The minimum atomic E-state index is -2.34. The van der Waals surface area contributed by atoms with Gasteiger partial charge >= 0.3 is 11.9 Å². The van der Waals surface area contributed by atoms with E-state index in [9.17, 15) is 44.7 Å². The van der Waals surface area contributed by atoms with Crippen LogP contribution in [0.1, 0.15) is 26.2 Å². The molecule has 13 nitrogen and oxygen atoms in total. The third kappa shape index (κ3) is 11.6. The van der Waals surface area contributed by atoms with Crippen LogP contribution in [0.25, 0.3) is 0 Å². The minimum Gasteiger partial charge on any atom is -0.480 e. The summed E-state index contributed by atoms with van der Waals surface area (Å²) in [6.45, 7) is 1.28. The van der Waals surface area contributed by atoms with Crippen molar-refractivity contribution in [2.24, 2.45) is 5.92 Å². The van der Waals surface area contributed by atoms with Crippen LogP contribution < -0.4 is 16.0 Å². The largest absolute Gasteiger partial charge is 0.480 e. The lowest BCUT2D eigenvalue weighted by atomic mass is 9.95. The standard InChI is InChI=1S/C19H35N3O10S/c1-9(20-2)4-5-10(17(28)22-11(8-33-3)18(29)30)6-13(24)21-7-12(23)14(25)15(26)16(27)19(31)32/h9-12,14-16,20,23,25-27H,4-8H2,1-3H3,(H,21,24)(H,22,28)(H,29,30)(H,31,32)/t9-,10?,11-,12?,14?,15?,16?/m0/s1. The second-order valence-electron chi connectivity index (χ2n) is 7.66. The zero-order valence-electron chi connectivity index (χ0n) is 18.8. The summed E-state index contributed by atoms with van der Waals surface area (Å²) in [5.41, 5.74) is 0. The van der Waals surface area contributed by atoms with Gasteiger partial charge in [-0.2, -0.15) is 11.8 Å². The van der Waals surface area contributed by atoms with Gasteiger partial charge in [0.05, 0.1) is 6.10 Å². The fourth-order valence-corrected chi connectivity index (χ4v) is 3.31. The smallest absolute Gasteiger partial charge is 0.335 e. The molecular weight excluding hydrogens is 462 g/mol. The fourth-order valence-electron chi connectivity index (χ4n) is 2.75. The number of carbonyl (C=O) groups is 4. The molecule has 2 amide bonds. The maximum absolute atomic E-state index is 12.7. The van der Waals surface area contributed by atoms with E-state index in [1.807, 2.05) is 6.92 Å². The number of carboxylic acids is 2. The van der Waals surface area contributed by atoms with Crippen LogP contribution in [-0.2, 0) is 19.2 Å². The number of aliphatic hydroxyl groups excluding tert-OH is 4. The Balaban J connectivity index is 5.05. The molecule has 192 valence electrons. The van der Waals surface area contributed by atoms with Gasteiger partial charge in [0.1, 0.15) is 18.2 Å². The second-order valence-corrected chi connectivity index (χ2v) is 8.57. The van der Waals surface area contributed by atoms with Gasteiger partial charge < -0.3 is 46.6 Å². The number of aliphatic carboxylic acids is 2. The SMILES string of the molecule is CN[C@@H](C)CCC(CC(=O)NCC(O)C(O)C(O)C(O)C(=O)O)C(=O)N[C@@H](CSC)C(=O)O. The number of nitrogens with one attached hydrogen (secondary N) is 3. The summed E-state index contributed by atoms with van der Waals surface area (Å²) in [6.07, 6.45) is -6.26. The van der Waals surface area contributed by atoms with Gasteiger partial charge in [-0.05, 0) is 33.1 Å². The highest BCUT2D eigenvalue weighted by Gasteiger charge is 2.34. The van der Waals surface area contributed by atoms with Crippen molar-refractivity contribution < 1.29 is 49.8 Å². The second kappa shape index (κ2) is 15.8. The number of carbonyl (C=O) groups excluding carboxylic acids is 2. The van der Waals surface area contributed by atoms with Crippen molar-refractivity contribution in [3.8, 4) is 0 Å². The molecule has 5 unspecified atom stereocenters. The van der Waals surface area contributed by atoms with Gasteiger partial charge in [-0.3, -0.25) is 9.59 Å². The first-order valence-electron chi connectivity index (χ1n) is 10.3. The molecule has 0 rings (SSSR count). The maximum Gasteiger partial charge on any atom is 0.335 e. The van der Waals surface area contributed by atoms with Crippen LogP contribution in [0.2, 0.25) is 0 Å². The predicted octanol–water partition coefficient (Wildman–Crippen LogP) is -3.04. The average molecular weight is 498 g/mol.